The molecule has 1 aromatic carbocycles. The molecule has 0 saturated heterocycles. The first-order chi connectivity index (χ1) is 11.2. The minimum absolute atomic E-state index is 0.114. The summed E-state index contributed by atoms with van der Waals surface area (Å²) in [5, 5.41) is 2.94. The van der Waals surface area contributed by atoms with Gasteiger partial charge in [0.1, 0.15) is 11.5 Å². The minimum Gasteiger partial charge on any atom is -0.347 e. The van der Waals surface area contributed by atoms with Gasteiger partial charge in [-0.2, -0.15) is 0 Å². The normalized spacial score (nSPS) is 14.5. The number of hydrogen-bond donors (Lipinski definition) is 1. The van der Waals surface area contributed by atoms with Gasteiger partial charge < -0.3 is 9.88 Å². The molecular formula is C17H21BrN4O. The Morgan fingerprint density at radius 3 is 2.83 bits per heavy atom. The van der Waals surface area contributed by atoms with Gasteiger partial charge in [0.05, 0.1) is 6.54 Å². The largest absolute Gasteiger partial charge is 0.347 e. The lowest BCUT2D eigenvalue weighted by molar-refractivity contribution is 0.0946. The number of nitrogens with zero attached hydrogens (tertiary/aromatic N) is 3. The molecule has 0 radical (unpaired) electrons. The van der Waals surface area contributed by atoms with Crippen LogP contribution >= 0.6 is 15.9 Å². The number of halogens is 1. The van der Waals surface area contributed by atoms with Crippen LogP contribution in [0.15, 0.2) is 34.9 Å². The van der Waals surface area contributed by atoms with Crippen molar-refractivity contribution < 1.29 is 4.79 Å². The molecule has 23 heavy (non-hydrogen) atoms. The van der Waals surface area contributed by atoms with Gasteiger partial charge in [0.15, 0.2) is 0 Å². The quantitative estimate of drug-likeness (QED) is 0.872. The van der Waals surface area contributed by atoms with E-state index in [0.717, 1.165) is 48.5 Å². The van der Waals surface area contributed by atoms with Crippen LogP contribution in [0.5, 0.6) is 0 Å². The molecule has 0 saturated carbocycles. The van der Waals surface area contributed by atoms with Gasteiger partial charge in [-0.1, -0.05) is 35.0 Å². The molecule has 0 unspecified atom stereocenters. The molecule has 0 aliphatic carbocycles. The smallest absolute Gasteiger partial charge is 0.271 e. The summed E-state index contributed by atoms with van der Waals surface area (Å²) < 4.78 is 3.13. The third kappa shape index (κ3) is 4.00. The number of benzene rings is 1. The lowest BCUT2D eigenvalue weighted by Crippen LogP contribution is -2.34. The van der Waals surface area contributed by atoms with Crippen molar-refractivity contribution in [2.45, 2.75) is 33.0 Å². The number of amides is 1. The predicted octanol–water partition coefficient (Wildman–Crippen LogP) is 2.80. The maximum absolute atomic E-state index is 12.3. The Bertz CT molecular complexity index is 680. The molecule has 0 spiro atoms. The van der Waals surface area contributed by atoms with E-state index in [0.29, 0.717) is 12.2 Å². The number of fused-ring (bicyclic) bond motifs is 1. The zero-order chi connectivity index (χ0) is 16.2. The number of aromatic nitrogens is 2. The molecule has 0 bridgehead atoms. The average molecular weight is 377 g/mol. The average Bonchev–Trinajstić information content (AvgIpc) is 2.98. The standard InChI is InChI=1S/C17H21BrN4O/c1-2-7-21-8-9-22-11-15(20-16(22)12-21)17(23)19-10-13-3-5-14(18)6-4-13/h3-6,11H,2,7-10,12H2,1H3,(H,19,23). The van der Waals surface area contributed by atoms with Crippen molar-refractivity contribution in [1.82, 2.24) is 19.8 Å². The second-order valence-electron chi connectivity index (χ2n) is 5.82. The molecule has 1 amide bonds. The molecule has 1 aromatic heterocycles. The van der Waals surface area contributed by atoms with Gasteiger partial charge in [0.25, 0.3) is 5.91 Å². The first-order valence-electron chi connectivity index (χ1n) is 7.96. The van der Waals surface area contributed by atoms with Crippen LogP contribution in [0.1, 0.15) is 35.2 Å². The molecule has 1 aliphatic heterocycles. The third-order valence-corrected chi connectivity index (χ3v) is 4.55. The summed E-state index contributed by atoms with van der Waals surface area (Å²) in [5.74, 6) is 0.871. The topological polar surface area (TPSA) is 50.2 Å². The number of imidazole rings is 1. The lowest BCUT2D eigenvalue weighted by Gasteiger charge is -2.26. The van der Waals surface area contributed by atoms with Crippen LogP contribution < -0.4 is 5.32 Å². The van der Waals surface area contributed by atoms with Crippen molar-refractivity contribution in [3.05, 3.63) is 52.0 Å². The molecule has 0 atom stereocenters. The molecule has 5 nitrogen and oxygen atoms in total. The lowest BCUT2D eigenvalue weighted by atomic mass is 10.2. The Kier molecular flexibility index (Phi) is 5.13. The molecule has 0 fully saturated rings. The number of carbonyl (C=O) groups is 1. The van der Waals surface area contributed by atoms with E-state index in [1.165, 1.54) is 0 Å². The zero-order valence-electron chi connectivity index (χ0n) is 13.3. The van der Waals surface area contributed by atoms with E-state index in [9.17, 15) is 4.79 Å². The van der Waals surface area contributed by atoms with Crippen molar-refractivity contribution in [2.24, 2.45) is 0 Å². The van der Waals surface area contributed by atoms with Crippen LogP contribution in [0.4, 0.5) is 0 Å². The van der Waals surface area contributed by atoms with Gasteiger partial charge >= 0.3 is 0 Å². The van der Waals surface area contributed by atoms with Crippen LogP contribution in [0.25, 0.3) is 0 Å². The van der Waals surface area contributed by atoms with Gasteiger partial charge in [-0.15, -0.1) is 0 Å². The van der Waals surface area contributed by atoms with E-state index >= 15 is 0 Å². The fraction of sp³-hybridized carbons (Fsp3) is 0.412. The number of nitrogens with one attached hydrogen (secondary N) is 1. The van der Waals surface area contributed by atoms with E-state index in [1.54, 1.807) is 0 Å². The monoisotopic (exact) mass is 376 g/mol. The summed E-state index contributed by atoms with van der Waals surface area (Å²) in [6.07, 6.45) is 3.01. The number of carbonyl (C=O) groups excluding carboxylic acids is 1. The summed E-state index contributed by atoms with van der Waals surface area (Å²) in [7, 11) is 0. The van der Waals surface area contributed by atoms with Gasteiger partial charge in [-0.25, -0.2) is 4.98 Å². The highest BCUT2D eigenvalue weighted by Gasteiger charge is 2.20. The Morgan fingerprint density at radius 2 is 2.09 bits per heavy atom. The van der Waals surface area contributed by atoms with Crippen LogP contribution in [-0.2, 0) is 19.6 Å². The summed E-state index contributed by atoms with van der Waals surface area (Å²) in [4.78, 5) is 19.2. The molecule has 1 N–H and O–H groups in total. The van der Waals surface area contributed by atoms with Gasteiger partial charge in [-0.05, 0) is 30.7 Å². The van der Waals surface area contributed by atoms with Crippen LogP contribution in [0, 0.1) is 0 Å². The van der Waals surface area contributed by atoms with Gasteiger partial charge in [0, 0.05) is 30.3 Å². The van der Waals surface area contributed by atoms with Crippen molar-refractivity contribution in [2.75, 3.05) is 13.1 Å². The number of rotatable bonds is 5. The highest BCUT2D eigenvalue weighted by Crippen LogP contribution is 2.14. The Hall–Kier alpha value is -1.66. The molecule has 122 valence electrons. The van der Waals surface area contributed by atoms with Gasteiger partial charge in [-0.3, -0.25) is 9.69 Å². The highest BCUT2D eigenvalue weighted by molar-refractivity contribution is 9.10. The SMILES string of the molecule is CCCN1CCn2cc(C(=O)NCc3ccc(Br)cc3)nc2C1. The second-order valence-corrected chi connectivity index (χ2v) is 6.74. The number of hydrogen-bond acceptors (Lipinski definition) is 3. The summed E-state index contributed by atoms with van der Waals surface area (Å²) >= 11 is 3.41. The van der Waals surface area contributed by atoms with Gasteiger partial charge in [0.2, 0.25) is 0 Å². The molecule has 6 heteroatoms. The molecular weight excluding hydrogens is 356 g/mol. The first kappa shape index (κ1) is 16.2. The zero-order valence-corrected chi connectivity index (χ0v) is 14.8. The summed E-state index contributed by atoms with van der Waals surface area (Å²) in [6.45, 7) is 6.53. The fourth-order valence-corrected chi connectivity index (χ4v) is 3.06. The van der Waals surface area contributed by atoms with E-state index in [4.69, 9.17) is 0 Å². The minimum atomic E-state index is -0.114. The van der Waals surface area contributed by atoms with E-state index in [1.807, 2.05) is 30.5 Å². The van der Waals surface area contributed by atoms with Crippen molar-refractivity contribution in [1.29, 1.82) is 0 Å². The Morgan fingerprint density at radius 1 is 1.30 bits per heavy atom. The van der Waals surface area contributed by atoms with Crippen LogP contribution in [-0.4, -0.2) is 33.4 Å². The Labute approximate surface area is 144 Å². The first-order valence-corrected chi connectivity index (χ1v) is 8.76. The van der Waals surface area contributed by atoms with Crippen LogP contribution in [0.3, 0.4) is 0 Å². The summed E-state index contributed by atoms with van der Waals surface area (Å²) in [6, 6.07) is 7.93. The Balaban J connectivity index is 1.61. The molecule has 3 rings (SSSR count). The van der Waals surface area contributed by atoms with E-state index < -0.39 is 0 Å². The maximum atomic E-state index is 12.3. The van der Waals surface area contributed by atoms with Crippen molar-refractivity contribution in [3.63, 3.8) is 0 Å². The molecule has 2 aromatic rings. The predicted molar refractivity (Wildman–Crippen MR) is 93.1 cm³/mol. The van der Waals surface area contributed by atoms with E-state index in [2.05, 4.69) is 42.6 Å². The highest BCUT2D eigenvalue weighted by atomic mass is 79.9. The van der Waals surface area contributed by atoms with Crippen molar-refractivity contribution >= 4 is 21.8 Å². The van der Waals surface area contributed by atoms with Crippen molar-refractivity contribution in [3.8, 4) is 0 Å². The summed E-state index contributed by atoms with van der Waals surface area (Å²) in [5.41, 5.74) is 1.58. The third-order valence-electron chi connectivity index (χ3n) is 4.02. The van der Waals surface area contributed by atoms with E-state index in [-0.39, 0.29) is 5.91 Å². The second kappa shape index (κ2) is 7.27. The molecule has 2 heterocycles. The molecule has 1 aliphatic rings. The fourth-order valence-electron chi connectivity index (χ4n) is 2.79. The van der Waals surface area contributed by atoms with Crippen LogP contribution in [0.2, 0.25) is 0 Å². The maximum Gasteiger partial charge on any atom is 0.271 e.